The predicted molar refractivity (Wildman–Crippen MR) is 116 cm³/mol. The van der Waals surface area contributed by atoms with E-state index in [2.05, 4.69) is 11.1 Å². The van der Waals surface area contributed by atoms with Crippen LogP contribution < -0.4 is 4.74 Å². The molecule has 1 aromatic heterocycles. The number of aryl methyl sites for hydroxylation is 1. The second-order valence-electron chi connectivity index (χ2n) is 8.25. The van der Waals surface area contributed by atoms with Crippen LogP contribution in [0.3, 0.4) is 0 Å². The van der Waals surface area contributed by atoms with Gasteiger partial charge in [-0.05, 0) is 80.8 Å². The van der Waals surface area contributed by atoms with Crippen molar-refractivity contribution in [1.82, 2.24) is 4.98 Å². The molecule has 0 spiro atoms. The molecule has 1 saturated carbocycles. The van der Waals surface area contributed by atoms with Crippen LogP contribution in [0.4, 0.5) is 4.39 Å². The van der Waals surface area contributed by atoms with Crippen LogP contribution in [0.2, 0.25) is 0 Å². The summed E-state index contributed by atoms with van der Waals surface area (Å²) < 4.78 is 25.1. The van der Waals surface area contributed by atoms with Gasteiger partial charge in [-0.3, -0.25) is 4.98 Å². The summed E-state index contributed by atoms with van der Waals surface area (Å²) in [5, 5.41) is 0. The molecule has 0 amide bonds. The Morgan fingerprint density at radius 2 is 1.87 bits per heavy atom. The maximum atomic E-state index is 13.8. The molecule has 0 N–H and O–H groups in total. The van der Waals surface area contributed by atoms with Gasteiger partial charge in [0.1, 0.15) is 11.9 Å². The average Bonchev–Trinajstić information content (AvgIpc) is 2.78. The number of carbonyl (C=O) groups is 1. The Bertz CT molecular complexity index is 783. The Morgan fingerprint density at radius 1 is 1.13 bits per heavy atom. The molecule has 1 aliphatic rings. The van der Waals surface area contributed by atoms with Gasteiger partial charge in [-0.15, -0.1) is 0 Å². The fourth-order valence-electron chi connectivity index (χ4n) is 3.73. The van der Waals surface area contributed by atoms with E-state index in [1.807, 2.05) is 50.4 Å². The van der Waals surface area contributed by atoms with Crippen LogP contribution in [0.5, 0.6) is 5.75 Å². The first-order valence-electron chi connectivity index (χ1n) is 11.1. The van der Waals surface area contributed by atoms with Crippen LogP contribution in [-0.4, -0.2) is 29.8 Å². The second kappa shape index (κ2) is 11.1. The molecular weight excluding hydrogens is 381 g/mol. The zero-order chi connectivity index (χ0) is 21.3. The number of hydrogen-bond acceptors (Lipinski definition) is 4. The normalized spacial score (nSPS) is 19.8. The molecule has 1 heterocycles. The summed E-state index contributed by atoms with van der Waals surface area (Å²) in [4.78, 5) is 16.3. The summed E-state index contributed by atoms with van der Waals surface area (Å²) in [5.41, 5.74) is 3.16. The predicted octanol–water partition coefficient (Wildman–Crippen LogP) is 6.07. The first-order valence-corrected chi connectivity index (χ1v) is 11.1. The van der Waals surface area contributed by atoms with Gasteiger partial charge in [-0.2, -0.15) is 0 Å². The van der Waals surface area contributed by atoms with Gasteiger partial charge in [0.2, 0.25) is 0 Å². The number of nitrogens with zero attached hydrogens (tertiary/aromatic N) is 1. The number of rotatable bonds is 9. The molecule has 1 atom stereocenters. The van der Waals surface area contributed by atoms with Crippen molar-refractivity contribution in [3.05, 3.63) is 48.2 Å². The van der Waals surface area contributed by atoms with Gasteiger partial charge in [-0.1, -0.05) is 25.8 Å². The van der Waals surface area contributed by atoms with Crippen molar-refractivity contribution in [1.29, 1.82) is 0 Å². The van der Waals surface area contributed by atoms with Crippen LogP contribution in [0.1, 0.15) is 57.4 Å². The van der Waals surface area contributed by atoms with Gasteiger partial charge in [0.15, 0.2) is 6.17 Å². The van der Waals surface area contributed by atoms with Gasteiger partial charge in [0.25, 0.3) is 0 Å². The molecule has 0 radical (unpaired) electrons. The number of aromatic nitrogens is 1. The van der Waals surface area contributed by atoms with Crippen molar-refractivity contribution in [2.75, 3.05) is 6.61 Å². The first-order chi connectivity index (χ1) is 14.5. The summed E-state index contributed by atoms with van der Waals surface area (Å²) >= 11 is 0. The Balaban J connectivity index is 1.39. The van der Waals surface area contributed by atoms with Gasteiger partial charge in [0, 0.05) is 11.8 Å². The van der Waals surface area contributed by atoms with E-state index in [0.717, 1.165) is 54.7 Å². The maximum absolute atomic E-state index is 13.8. The minimum absolute atomic E-state index is 0.157. The molecule has 2 aromatic rings. The number of hydrogen-bond donors (Lipinski definition) is 0. The monoisotopic (exact) mass is 413 g/mol. The van der Waals surface area contributed by atoms with Crippen LogP contribution in [-0.2, 0) is 9.53 Å². The molecular formula is C25H32FNO3. The molecule has 1 fully saturated rings. The average molecular weight is 414 g/mol. The highest BCUT2D eigenvalue weighted by atomic mass is 19.1. The van der Waals surface area contributed by atoms with Crippen LogP contribution in [0.25, 0.3) is 11.3 Å². The van der Waals surface area contributed by atoms with Crippen molar-refractivity contribution in [2.45, 2.75) is 71.1 Å². The molecule has 0 aliphatic heterocycles. The molecule has 0 saturated heterocycles. The van der Waals surface area contributed by atoms with E-state index in [0.29, 0.717) is 18.9 Å². The minimum Gasteiger partial charge on any atom is -0.493 e. The number of pyridine rings is 1. The fourth-order valence-corrected chi connectivity index (χ4v) is 3.73. The summed E-state index contributed by atoms with van der Waals surface area (Å²) in [6, 6.07) is 12.1. The highest BCUT2D eigenvalue weighted by molar-refractivity contribution is 5.74. The first kappa shape index (κ1) is 22.3. The van der Waals surface area contributed by atoms with Crippen LogP contribution in [0.15, 0.2) is 42.6 Å². The number of benzene rings is 1. The highest BCUT2D eigenvalue weighted by Crippen LogP contribution is 2.28. The van der Waals surface area contributed by atoms with Crippen molar-refractivity contribution in [2.24, 2.45) is 5.92 Å². The summed E-state index contributed by atoms with van der Waals surface area (Å²) in [6.45, 7) is 4.65. The van der Waals surface area contributed by atoms with E-state index in [9.17, 15) is 9.18 Å². The number of carbonyl (C=O) groups excluding carboxylic acids is 1. The van der Waals surface area contributed by atoms with Gasteiger partial charge < -0.3 is 9.47 Å². The molecule has 1 aromatic carbocycles. The summed E-state index contributed by atoms with van der Waals surface area (Å²) in [6.07, 6.45) is 5.48. The zero-order valence-electron chi connectivity index (χ0n) is 18.0. The summed E-state index contributed by atoms with van der Waals surface area (Å²) in [7, 11) is 0. The molecule has 162 valence electrons. The molecule has 30 heavy (non-hydrogen) atoms. The Hall–Kier alpha value is -2.43. The Labute approximate surface area is 178 Å². The van der Waals surface area contributed by atoms with Gasteiger partial charge in [0.05, 0.1) is 12.3 Å². The van der Waals surface area contributed by atoms with E-state index in [1.165, 1.54) is 0 Å². The lowest BCUT2D eigenvalue weighted by atomic mass is 9.88. The highest BCUT2D eigenvalue weighted by Gasteiger charge is 2.27. The van der Waals surface area contributed by atoms with E-state index in [4.69, 9.17) is 9.47 Å². The third-order valence-corrected chi connectivity index (χ3v) is 5.69. The molecule has 0 unspecified atom stereocenters. The molecule has 0 bridgehead atoms. The number of esters is 1. The van der Waals surface area contributed by atoms with E-state index in [1.54, 1.807) is 0 Å². The van der Waals surface area contributed by atoms with E-state index < -0.39 is 12.1 Å². The molecule has 4 nitrogen and oxygen atoms in total. The standard InChI is InChI=1S/C25H32FNO3/c1-3-4-5-23(26)25(28)30-22-11-7-19(8-12-22)17-29-21-13-9-20(10-14-21)24-15-6-18(2)16-27-24/h6,9-10,13-16,19,22-23H,3-5,7-8,11-12,17H2,1-2H3/t19-,22-,23-/m0/s1. The number of ether oxygens (including phenoxy) is 2. The lowest BCUT2D eigenvalue weighted by Crippen LogP contribution is -2.30. The van der Waals surface area contributed by atoms with Crippen LogP contribution in [0, 0.1) is 12.8 Å². The minimum atomic E-state index is -1.48. The number of halogens is 1. The van der Waals surface area contributed by atoms with Gasteiger partial charge >= 0.3 is 5.97 Å². The van der Waals surface area contributed by atoms with Crippen molar-refractivity contribution in [3.63, 3.8) is 0 Å². The van der Waals surface area contributed by atoms with E-state index >= 15 is 0 Å². The third-order valence-electron chi connectivity index (χ3n) is 5.69. The van der Waals surface area contributed by atoms with Crippen molar-refractivity contribution in [3.8, 4) is 17.0 Å². The van der Waals surface area contributed by atoms with Gasteiger partial charge in [-0.25, -0.2) is 9.18 Å². The SMILES string of the molecule is CCCC[C@H](F)C(=O)O[C@H]1CC[C@H](COc2ccc(-c3ccc(C)cn3)cc2)CC1. The fraction of sp³-hybridized carbons (Fsp3) is 0.520. The quantitative estimate of drug-likeness (QED) is 0.468. The summed E-state index contributed by atoms with van der Waals surface area (Å²) in [5.74, 6) is 0.585. The lowest BCUT2D eigenvalue weighted by molar-refractivity contribution is -0.157. The largest absolute Gasteiger partial charge is 0.493 e. The number of unbranched alkanes of at least 4 members (excludes halogenated alkanes) is 1. The number of alkyl halides is 1. The third kappa shape index (κ3) is 6.54. The topological polar surface area (TPSA) is 48.4 Å². The van der Waals surface area contributed by atoms with Crippen molar-refractivity contribution >= 4 is 5.97 Å². The molecule has 5 heteroatoms. The van der Waals surface area contributed by atoms with Crippen molar-refractivity contribution < 1.29 is 18.7 Å². The Morgan fingerprint density at radius 3 is 2.50 bits per heavy atom. The zero-order valence-corrected chi connectivity index (χ0v) is 18.0. The maximum Gasteiger partial charge on any atom is 0.340 e. The lowest BCUT2D eigenvalue weighted by Gasteiger charge is -2.28. The second-order valence-corrected chi connectivity index (χ2v) is 8.25. The molecule has 3 rings (SSSR count). The van der Waals surface area contributed by atoms with Crippen LogP contribution >= 0.6 is 0 Å². The smallest absolute Gasteiger partial charge is 0.340 e. The molecule has 1 aliphatic carbocycles. The van der Waals surface area contributed by atoms with E-state index in [-0.39, 0.29) is 12.5 Å². The Kier molecular flexibility index (Phi) is 8.23.